The SMILES string of the molecule is C/C=C/C#CC#C/C=C/COC(=O)CC(C)C. The molecule has 17 heavy (non-hydrogen) atoms. The average molecular weight is 230 g/mol. The van der Waals surface area contributed by atoms with Crippen LogP contribution in [-0.2, 0) is 9.53 Å². The molecule has 0 heterocycles. The van der Waals surface area contributed by atoms with Crippen molar-refractivity contribution in [2.45, 2.75) is 27.2 Å². The topological polar surface area (TPSA) is 26.3 Å². The molecule has 0 amide bonds. The summed E-state index contributed by atoms with van der Waals surface area (Å²) >= 11 is 0. The van der Waals surface area contributed by atoms with Crippen molar-refractivity contribution < 1.29 is 9.53 Å². The lowest BCUT2D eigenvalue weighted by molar-refractivity contribution is -0.143. The van der Waals surface area contributed by atoms with E-state index < -0.39 is 0 Å². The molecule has 0 radical (unpaired) electrons. The minimum absolute atomic E-state index is 0.175. The fourth-order valence-electron chi connectivity index (χ4n) is 0.879. The van der Waals surface area contributed by atoms with E-state index in [1.807, 2.05) is 26.8 Å². The Labute approximate surface area is 104 Å². The highest BCUT2D eigenvalue weighted by Crippen LogP contribution is 2.00. The number of carbonyl (C=O) groups is 1. The van der Waals surface area contributed by atoms with Gasteiger partial charge in [0.25, 0.3) is 0 Å². The number of allylic oxidation sites excluding steroid dienone is 3. The summed E-state index contributed by atoms with van der Waals surface area (Å²) in [6, 6.07) is 0. The predicted molar refractivity (Wildman–Crippen MR) is 69.9 cm³/mol. The second kappa shape index (κ2) is 10.6. The van der Waals surface area contributed by atoms with Gasteiger partial charge in [0, 0.05) is 6.42 Å². The standard InChI is InChI=1S/C15H18O2/c1-4-5-6-7-8-9-10-11-12-17-15(16)13-14(2)3/h4-5,10-11,14H,12-13H2,1-3H3/b5-4+,11-10+. The van der Waals surface area contributed by atoms with E-state index in [0.29, 0.717) is 12.3 Å². The first-order valence-corrected chi connectivity index (χ1v) is 5.59. The lowest BCUT2D eigenvalue weighted by Gasteiger charge is -2.03. The van der Waals surface area contributed by atoms with E-state index in [9.17, 15) is 4.79 Å². The minimum atomic E-state index is -0.175. The van der Waals surface area contributed by atoms with Gasteiger partial charge in [0.2, 0.25) is 0 Å². The number of carbonyl (C=O) groups excluding carboxylic acids is 1. The van der Waals surface area contributed by atoms with Crippen LogP contribution >= 0.6 is 0 Å². The zero-order valence-electron chi connectivity index (χ0n) is 10.6. The zero-order chi connectivity index (χ0) is 12.9. The molecular formula is C15H18O2. The Hall–Kier alpha value is -1.93. The number of ether oxygens (including phenoxy) is 1. The van der Waals surface area contributed by atoms with Crippen molar-refractivity contribution >= 4 is 5.97 Å². The summed E-state index contributed by atoms with van der Waals surface area (Å²) in [4.78, 5) is 11.1. The smallest absolute Gasteiger partial charge is 0.306 e. The van der Waals surface area contributed by atoms with Crippen LogP contribution in [0.4, 0.5) is 0 Å². The molecule has 0 N–H and O–H groups in total. The Morgan fingerprint density at radius 2 is 1.88 bits per heavy atom. The summed E-state index contributed by atoms with van der Waals surface area (Å²) in [6.45, 7) is 6.12. The Kier molecular flexibility index (Phi) is 9.38. The van der Waals surface area contributed by atoms with Gasteiger partial charge >= 0.3 is 5.97 Å². The molecule has 0 aromatic heterocycles. The summed E-state index contributed by atoms with van der Waals surface area (Å²) < 4.78 is 4.96. The second-order valence-electron chi connectivity index (χ2n) is 3.72. The minimum Gasteiger partial charge on any atom is -0.461 e. The molecule has 0 fully saturated rings. The molecule has 0 aliphatic rings. The van der Waals surface area contributed by atoms with Gasteiger partial charge in [-0.2, -0.15) is 0 Å². The van der Waals surface area contributed by atoms with Gasteiger partial charge in [-0.15, -0.1) is 0 Å². The number of hydrogen-bond donors (Lipinski definition) is 0. The fourth-order valence-corrected chi connectivity index (χ4v) is 0.879. The van der Waals surface area contributed by atoms with Crippen LogP contribution in [0.15, 0.2) is 24.3 Å². The highest BCUT2D eigenvalue weighted by atomic mass is 16.5. The van der Waals surface area contributed by atoms with Gasteiger partial charge in [0.1, 0.15) is 6.61 Å². The third-order valence-electron chi connectivity index (χ3n) is 1.57. The van der Waals surface area contributed by atoms with Gasteiger partial charge in [-0.3, -0.25) is 4.79 Å². The van der Waals surface area contributed by atoms with Crippen LogP contribution in [0.2, 0.25) is 0 Å². The molecule has 0 rings (SSSR count). The first-order valence-electron chi connectivity index (χ1n) is 5.59. The Bertz CT molecular complexity index is 392. The van der Waals surface area contributed by atoms with Crippen LogP contribution in [-0.4, -0.2) is 12.6 Å². The van der Waals surface area contributed by atoms with Crippen molar-refractivity contribution in [3.63, 3.8) is 0 Å². The molecule has 2 nitrogen and oxygen atoms in total. The van der Waals surface area contributed by atoms with E-state index in [1.54, 1.807) is 18.2 Å². The number of esters is 1. The average Bonchev–Trinajstić information content (AvgIpc) is 2.26. The van der Waals surface area contributed by atoms with Gasteiger partial charge in [-0.1, -0.05) is 31.8 Å². The van der Waals surface area contributed by atoms with E-state index in [2.05, 4.69) is 23.7 Å². The monoisotopic (exact) mass is 230 g/mol. The van der Waals surface area contributed by atoms with Crippen LogP contribution < -0.4 is 0 Å². The number of hydrogen-bond acceptors (Lipinski definition) is 2. The number of rotatable bonds is 4. The molecule has 0 aromatic carbocycles. The van der Waals surface area contributed by atoms with Gasteiger partial charge in [0.15, 0.2) is 0 Å². The molecule has 0 spiro atoms. The summed E-state index contributed by atoms with van der Waals surface area (Å²) in [5, 5.41) is 0. The molecule has 0 atom stereocenters. The first kappa shape index (κ1) is 15.1. The summed E-state index contributed by atoms with van der Waals surface area (Å²) in [7, 11) is 0. The van der Waals surface area contributed by atoms with E-state index in [-0.39, 0.29) is 12.6 Å². The van der Waals surface area contributed by atoms with Crippen LogP contribution in [0.25, 0.3) is 0 Å². The Balaban J connectivity index is 3.76. The molecule has 0 unspecified atom stereocenters. The molecule has 90 valence electrons. The van der Waals surface area contributed by atoms with E-state index >= 15 is 0 Å². The predicted octanol–water partition coefficient (Wildman–Crippen LogP) is 2.71. The van der Waals surface area contributed by atoms with Crippen molar-refractivity contribution in [2.24, 2.45) is 5.92 Å². The second-order valence-corrected chi connectivity index (χ2v) is 3.72. The van der Waals surface area contributed by atoms with Crippen molar-refractivity contribution in [3.8, 4) is 23.7 Å². The summed E-state index contributed by atoms with van der Waals surface area (Å²) in [5.41, 5.74) is 0. The maximum Gasteiger partial charge on any atom is 0.306 e. The molecule has 0 saturated carbocycles. The molecule has 2 heteroatoms. The molecule has 0 aliphatic heterocycles. The quantitative estimate of drug-likeness (QED) is 0.548. The summed E-state index contributed by atoms with van der Waals surface area (Å²) in [6.07, 6.45) is 7.36. The van der Waals surface area contributed by atoms with Gasteiger partial charge in [0.05, 0.1) is 0 Å². The van der Waals surface area contributed by atoms with Crippen molar-refractivity contribution in [1.29, 1.82) is 0 Å². The largest absolute Gasteiger partial charge is 0.461 e. The molecule has 0 bridgehead atoms. The Morgan fingerprint density at radius 1 is 1.24 bits per heavy atom. The molecule has 0 aliphatic carbocycles. The van der Waals surface area contributed by atoms with E-state index in [1.165, 1.54) is 0 Å². The third kappa shape index (κ3) is 12.0. The molecule has 0 saturated heterocycles. The lowest BCUT2D eigenvalue weighted by atomic mass is 10.1. The summed E-state index contributed by atoms with van der Waals surface area (Å²) in [5.74, 6) is 10.9. The zero-order valence-corrected chi connectivity index (χ0v) is 10.6. The maximum absolute atomic E-state index is 11.1. The van der Waals surface area contributed by atoms with Crippen LogP contribution in [0.1, 0.15) is 27.2 Å². The fraction of sp³-hybridized carbons (Fsp3) is 0.400. The molecule has 0 aromatic rings. The van der Waals surface area contributed by atoms with Crippen molar-refractivity contribution in [2.75, 3.05) is 6.61 Å². The maximum atomic E-state index is 11.1. The highest BCUT2D eigenvalue weighted by molar-refractivity contribution is 5.69. The van der Waals surface area contributed by atoms with E-state index in [4.69, 9.17) is 4.74 Å². The van der Waals surface area contributed by atoms with Crippen LogP contribution in [0.5, 0.6) is 0 Å². The first-order chi connectivity index (χ1) is 8.16. The van der Waals surface area contributed by atoms with Crippen molar-refractivity contribution in [3.05, 3.63) is 24.3 Å². The van der Waals surface area contributed by atoms with Gasteiger partial charge in [-0.25, -0.2) is 0 Å². The van der Waals surface area contributed by atoms with Crippen LogP contribution in [0.3, 0.4) is 0 Å². The lowest BCUT2D eigenvalue weighted by Crippen LogP contribution is -2.07. The van der Waals surface area contributed by atoms with Crippen LogP contribution in [0, 0.1) is 29.6 Å². The molecular weight excluding hydrogens is 212 g/mol. The normalized spacial score (nSPS) is 9.88. The highest BCUT2D eigenvalue weighted by Gasteiger charge is 2.03. The van der Waals surface area contributed by atoms with Crippen molar-refractivity contribution in [1.82, 2.24) is 0 Å². The van der Waals surface area contributed by atoms with Gasteiger partial charge in [-0.05, 0) is 42.9 Å². The third-order valence-corrected chi connectivity index (χ3v) is 1.57. The van der Waals surface area contributed by atoms with Gasteiger partial charge < -0.3 is 4.74 Å². The Morgan fingerprint density at radius 3 is 2.47 bits per heavy atom. The van der Waals surface area contributed by atoms with E-state index in [0.717, 1.165) is 0 Å².